The van der Waals surface area contributed by atoms with Gasteiger partial charge in [-0.15, -0.1) is 0 Å². The summed E-state index contributed by atoms with van der Waals surface area (Å²) in [5, 5.41) is 0. The molecular weight excluding hydrogens is 152 g/mol. The molecule has 66 valence electrons. The maximum Gasteiger partial charge on any atom is 0.312 e. The van der Waals surface area contributed by atoms with E-state index < -0.39 is 0 Å². The summed E-state index contributed by atoms with van der Waals surface area (Å²) in [7, 11) is 0. The van der Waals surface area contributed by atoms with Gasteiger partial charge in [0.05, 0.1) is 5.41 Å². The van der Waals surface area contributed by atoms with Gasteiger partial charge in [0.25, 0.3) is 0 Å². The molecule has 1 fully saturated rings. The monoisotopic (exact) mass is 166 g/mol. The van der Waals surface area contributed by atoms with Crippen LogP contribution in [0.3, 0.4) is 0 Å². The Morgan fingerprint density at radius 1 is 1.58 bits per heavy atom. The molecule has 1 heterocycles. The number of esters is 1. The van der Waals surface area contributed by atoms with Crippen LogP contribution in [0.1, 0.15) is 27.2 Å². The van der Waals surface area contributed by atoms with Gasteiger partial charge in [0.2, 0.25) is 0 Å². The fourth-order valence-electron chi connectivity index (χ4n) is 2.14. The fourth-order valence-corrected chi connectivity index (χ4v) is 2.14. The third-order valence-corrected chi connectivity index (χ3v) is 3.20. The van der Waals surface area contributed by atoms with E-state index in [0.29, 0.717) is 5.92 Å². The Morgan fingerprint density at radius 3 is 2.83 bits per heavy atom. The number of rotatable bonds is 0. The highest BCUT2D eigenvalue weighted by Crippen LogP contribution is 2.47. The largest absolute Gasteiger partial charge is 0.457 e. The van der Waals surface area contributed by atoms with Crippen molar-refractivity contribution >= 4 is 5.97 Å². The molecule has 2 atom stereocenters. The van der Waals surface area contributed by atoms with E-state index in [9.17, 15) is 4.79 Å². The van der Waals surface area contributed by atoms with E-state index in [1.54, 1.807) is 0 Å². The molecular formula is C10H14O2. The minimum Gasteiger partial charge on any atom is -0.457 e. The van der Waals surface area contributed by atoms with Crippen molar-refractivity contribution in [3.63, 3.8) is 0 Å². The maximum absolute atomic E-state index is 11.4. The van der Waals surface area contributed by atoms with Crippen molar-refractivity contribution in [1.82, 2.24) is 0 Å². The summed E-state index contributed by atoms with van der Waals surface area (Å²) in [5.74, 6) is 0.343. The van der Waals surface area contributed by atoms with E-state index in [4.69, 9.17) is 4.74 Å². The Bertz CT molecular complexity index is 263. The number of allylic oxidation sites excluding steroid dienone is 1. The number of ether oxygens (including phenoxy) is 1. The fraction of sp³-hybridized carbons (Fsp3) is 0.700. The minimum absolute atomic E-state index is 0.0371. The lowest BCUT2D eigenvalue weighted by Crippen LogP contribution is -2.26. The van der Waals surface area contributed by atoms with Gasteiger partial charge in [-0.3, -0.25) is 4.79 Å². The zero-order chi connectivity index (χ0) is 8.93. The van der Waals surface area contributed by atoms with Crippen LogP contribution in [0.15, 0.2) is 11.6 Å². The minimum atomic E-state index is -0.279. The molecule has 0 spiro atoms. The number of fused-ring (bicyclic) bond motifs is 1. The highest BCUT2D eigenvalue weighted by molar-refractivity contribution is 5.79. The first-order chi connectivity index (χ1) is 5.53. The van der Waals surface area contributed by atoms with Crippen LogP contribution in [0.2, 0.25) is 0 Å². The number of carbonyl (C=O) groups is 1. The summed E-state index contributed by atoms with van der Waals surface area (Å²) in [4.78, 5) is 11.4. The SMILES string of the molecule is CC1=CC[C@@H]2[C@H]1OC(=O)C2(C)C. The molecule has 2 nitrogen and oxygen atoms in total. The summed E-state index contributed by atoms with van der Waals surface area (Å²) >= 11 is 0. The average Bonchev–Trinajstić information content (AvgIpc) is 2.41. The first-order valence-electron chi connectivity index (χ1n) is 4.41. The van der Waals surface area contributed by atoms with Gasteiger partial charge in [-0.1, -0.05) is 6.08 Å². The maximum atomic E-state index is 11.4. The Labute approximate surface area is 72.6 Å². The van der Waals surface area contributed by atoms with Gasteiger partial charge in [0.15, 0.2) is 0 Å². The molecule has 0 bridgehead atoms. The van der Waals surface area contributed by atoms with Crippen LogP contribution in [0, 0.1) is 11.3 Å². The molecule has 0 saturated carbocycles. The van der Waals surface area contributed by atoms with Crippen LogP contribution < -0.4 is 0 Å². The van der Waals surface area contributed by atoms with E-state index in [1.165, 1.54) is 5.57 Å². The van der Waals surface area contributed by atoms with E-state index >= 15 is 0 Å². The quantitative estimate of drug-likeness (QED) is 0.406. The van der Waals surface area contributed by atoms with Crippen molar-refractivity contribution in [2.24, 2.45) is 11.3 Å². The second kappa shape index (κ2) is 2.12. The topological polar surface area (TPSA) is 26.3 Å². The van der Waals surface area contributed by atoms with Gasteiger partial charge < -0.3 is 4.74 Å². The first kappa shape index (κ1) is 7.84. The molecule has 0 aromatic heterocycles. The summed E-state index contributed by atoms with van der Waals surface area (Å²) in [5.41, 5.74) is 0.942. The normalized spacial score (nSPS) is 37.6. The van der Waals surface area contributed by atoms with Gasteiger partial charge in [-0.05, 0) is 32.8 Å². The van der Waals surface area contributed by atoms with Crippen LogP contribution in [0.4, 0.5) is 0 Å². The second-order valence-corrected chi connectivity index (χ2v) is 4.34. The molecule has 0 N–H and O–H groups in total. The second-order valence-electron chi connectivity index (χ2n) is 4.34. The Balaban J connectivity index is 2.32. The van der Waals surface area contributed by atoms with Crippen LogP contribution in [-0.4, -0.2) is 12.1 Å². The van der Waals surface area contributed by atoms with Crippen molar-refractivity contribution in [3.8, 4) is 0 Å². The Hall–Kier alpha value is -0.790. The lowest BCUT2D eigenvalue weighted by Gasteiger charge is -2.19. The number of carbonyl (C=O) groups excluding carboxylic acids is 1. The summed E-state index contributed by atoms with van der Waals surface area (Å²) in [6.45, 7) is 6.00. The zero-order valence-corrected chi connectivity index (χ0v) is 7.76. The molecule has 1 aliphatic carbocycles. The molecule has 2 heteroatoms. The van der Waals surface area contributed by atoms with E-state index in [2.05, 4.69) is 6.08 Å². The van der Waals surface area contributed by atoms with Crippen molar-refractivity contribution < 1.29 is 9.53 Å². The number of hydrogen-bond acceptors (Lipinski definition) is 2. The third kappa shape index (κ3) is 0.780. The van der Waals surface area contributed by atoms with Crippen LogP contribution in [0.5, 0.6) is 0 Å². The standard InChI is InChI=1S/C10H14O2/c1-6-4-5-7-8(6)12-9(11)10(7,2)3/h4,7-8H,5H2,1-3H3/t7-,8+/m1/s1. The van der Waals surface area contributed by atoms with Crippen molar-refractivity contribution in [2.45, 2.75) is 33.3 Å². The Kier molecular flexibility index (Phi) is 1.39. The third-order valence-electron chi connectivity index (χ3n) is 3.20. The lowest BCUT2D eigenvalue weighted by atomic mass is 9.78. The first-order valence-corrected chi connectivity index (χ1v) is 4.41. The van der Waals surface area contributed by atoms with Gasteiger partial charge in [-0.25, -0.2) is 0 Å². The van der Waals surface area contributed by atoms with Crippen LogP contribution in [-0.2, 0) is 9.53 Å². The summed E-state index contributed by atoms with van der Waals surface area (Å²) < 4.78 is 5.31. The molecule has 1 saturated heterocycles. The van der Waals surface area contributed by atoms with Crippen molar-refractivity contribution in [3.05, 3.63) is 11.6 Å². The summed E-state index contributed by atoms with van der Waals surface area (Å²) in [6, 6.07) is 0. The predicted molar refractivity (Wildman–Crippen MR) is 45.5 cm³/mol. The van der Waals surface area contributed by atoms with Gasteiger partial charge in [0.1, 0.15) is 6.10 Å². The van der Waals surface area contributed by atoms with Gasteiger partial charge in [-0.2, -0.15) is 0 Å². The summed E-state index contributed by atoms with van der Waals surface area (Å²) in [6.07, 6.45) is 3.26. The Morgan fingerprint density at radius 2 is 2.25 bits per heavy atom. The molecule has 12 heavy (non-hydrogen) atoms. The van der Waals surface area contributed by atoms with Crippen molar-refractivity contribution in [1.29, 1.82) is 0 Å². The number of hydrogen-bond donors (Lipinski definition) is 0. The smallest absolute Gasteiger partial charge is 0.312 e. The molecule has 0 radical (unpaired) electrons. The molecule has 0 amide bonds. The molecule has 0 aromatic rings. The van der Waals surface area contributed by atoms with Gasteiger partial charge >= 0.3 is 5.97 Å². The zero-order valence-electron chi connectivity index (χ0n) is 7.76. The van der Waals surface area contributed by atoms with E-state index in [-0.39, 0.29) is 17.5 Å². The average molecular weight is 166 g/mol. The van der Waals surface area contributed by atoms with E-state index in [1.807, 2.05) is 20.8 Å². The molecule has 2 rings (SSSR count). The highest BCUT2D eigenvalue weighted by atomic mass is 16.6. The van der Waals surface area contributed by atoms with Crippen LogP contribution >= 0.6 is 0 Å². The predicted octanol–water partition coefficient (Wildman–Crippen LogP) is 1.90. The molecule has 1 aliphatic heterocycles. The molecule has 2 aliphatic rings. The molecule has 0 unspecified atom stereocenters. The van der Waals surface area contributed by atoms with Crippen molar-refractivity contribution in [2.75, 3.05) is 0 Å². The van der Waals surface area contributed by atoms with E-state index in [0.717, 1.165) is 6.42 Å². The lowest BCUT2D eigenvalue weighted by molar-refractivity contribution is -0.146. The van der Waals surface area contributed by atoms with Gasteiger partial charge in [0, 0.05) is 5.92 Å². The van der Waals surface area contributed by atoms with Crippen LogP contribution in [0.25, 0.3) is 0 Å². The molecule has 0 aromatic carbocycles. The highest BCUT2D eigenvalue weighted by Gasteiger charge is 2.52.